The lowest BCUT2D eigenvalue weighted by molar-refractivity contribution is 0.337. The number of nitrogens with one attached hydrogen (secondary N) is 1. The summed E-state index contributed by atoms with van der Waals surface area (Å²) in [5.74, 6) is 2.03. The molecule has 0 aliphatic rings. The highest BCUT2D eigenvalue weighted by Crippen LogP contribution is 2.26. The first kappa shape index (κ1) is 13.4. The average molecular weight is 239 g/mol. The van der Waals surface area contributed by atoms with Crippen molar-refractivity contribution in [3.63, 3.8) is 0 Å². The summed E-state index contributed by atoms with van der Waals surface area (Å²) in [5.41, 5.74) is 2.51. The summed E-state index contributed by atoms with van der Waals surface area (Å²) in [7, 11) is 1.97. The van der Waals surface area contributed by atoms with E-state index in [9.17, 15) is 0 Å². The molecule has 3 heteroatoms. The lowest BCUT2D eigenvalue weighted by atomic mass is 10.0. The molecule has 1 unspecified atom stereocenters. The number of benzene rings is 1. The first-order chi connectivity index (χ1) is 7.69. The first-order valence-corrected chi connectivity index (χ1v) is 6.98. The van der Waals surface area contributed by atoms with Crippen molar-refractivity contribution in [2.75, 3.05) is 25.7 Å². The van der Waals surface area contributed by atoms with Crippen LogP contribution in [0.25, 0.3) is 0 Å². The third-order valence-electron chi connectivity index (χ3n) is 2.61. The number of aryl methyl sites for hydroxylation is 1. The zero-order valence-electron chi connectivity index (χ0n) is 10.5. The van der Waals surface area contributed by atoms with Gasteiger partial charge in [0, 0.05) is 17.4 Å². The third-order valence-corrected chi connectivity index (χ3v) is 3.18. The molecule has 0 aliphatic heterocycles. The summed E-state index contributed by atoms with van der Waals surface area (Å²) in [6, 6.07) is 6.68. The summed E-state index contributed by atoms with van der Waals surface area (Å²) < 4.78 is 5.79. The number of hydrogen-bond donors (Lipinski definition) is 1. The Morgan fingerprint density at radius 2 is 2.19 bits per heavy atom. The summed E-state index contributed by atoms with van der Waals surface area (Å²) in [4.78, 5) is 0. The van der Waals surface area contributed by atoms with Gasteiger partial charge in [0.2, 0.25) is 0 Å². The molecular formula is C13H21NOS. The zero-order valence-corrected chi connectivity index (χ0v) is 11.4. The fourth-order valence-corrected chi connectivity index (χ4v) is 1.78. The molecule has 0 amide bonds. The summed E-state index contributed by atoms with van der Waals surface area (Å²) in [6.07, 6.45) is 2.09. The number of rotatable bonds is 6. The van der Waals surface area contributed by atoms with Crippen LogP contribution in [0.3, 0.4) is 0 Å². The molecule has 1 N–H and O–H groups in total. The largest absolute Gasteiger partial charge is 0.492 e. The SMILES string of the molecule is CNC(C)c1cc(C)ccc1OCCSC. The average Bonchev–Trinajstić information content (AvgIpc) is 2.30. The molecule has 1 aromatic carbocycles. The molecule has 2 nitrogen and oxygen atoms in total. The lowest BCUT2D eigenvalue weighted by Gasteiger charge is -2.17. The van der Waals surface area contributed by atoms with Gasteiger partial charge in [-0.3, -0.25) is 0 Å². The molecule has 16 heavy (non-hydrogen) atoms. The van der Waals surface area contributed by atoms with Gasteiger partial charge < -0.3 is 10.1 Å². The minimum Gasteiger partial charge on any atom is -0.492 e. The fourth-order valence-electron chi connectivity index (χ4n) is 1.53. The maximum Gasteiger partial charge on any atom is 0.124 e. The Labute approximate surface area is 103 Å². The maximum atomic E-state index is 5.79. The molecule has 1 atom stereocenters. The van der Waals surface area contributed by atoms with Crippen LogP contribution < -0.4 is 10.1 Å². The van der Waals surface area contributed by atoms with Gasteiger partial charge in [0.05, 0.1) is 6.61 Å². The highest BCUT2D eigenvalue weighted by molar-refractivity contribution is 7.98. The Hall–Kier alpha value is -0.670. The summed E-state index contributed by atoms with van der Waals surface area (Å²) in [5, 5.41) is 3.25. The van der Waals surface area contributed by atoms with Gasteiger partial charge in [-0.2, -0.15) is 11.8 Å². The maximum absolute atomic E-state index is 5.79. The second-order valence-electron chi connectivity index (χ2n) is 3.89. The van der Waals surface area contributed by atoms with Crippen molar-refractivity contribution in [3.8, 4) is 5.75 Å². The van der Waals surface area contributed by atoms with E-state index in [0.29, 0.717) is 6.04 Å². The molecule has 0 saturated carbocycles. The van der Waals surface area contributed by atoms with Crippen LogP contribution in [-0.4, -0.2) is 25.7 Å². The van der Waals surface area contributed by atoms with E-state index in [1.165, 1.54) is 11.1 Å². The molecule has 0 saturated heterocycles. The van der Waals surface area contributed by atoms with Crippen LogP contribution in [0.1, 0.15) is 24.1 Å². The molecule has 0 fully saturated rings. The van der Waals surface area contributed by atoms with Crippen molar-refractivity contribution < 1.29 is 4.74 Å². The molecule has 0 aromatic heterocycles. The van der Waals surface area contributed by atoms with Crippen LogP contribution in [0.2, 0.25) is 0 Å². The van der Waals surface area contributed by atoms with Gasteiger partial charge in [-0.25, -0.2) is 0 Å². The zero-order chi connectivity index (χ0) is 12.0. The molecule has 0 spiro atoms. The summed E-state index contributed by atoms with van der Waals surface area (Å²) >= 11 is 1.80. The molecule has 0 radical (unpaired) electrons. The fraction of sp³-hybridized carbons (Fsp3) is 0.538. The second kappa shape index (κ2) is 6.81. The van der Waals surface area contributed by atoms with Gasteiger partial charge in [-0.05, 0) is 33.2 Å². The van der Waals surface area contributed by atoms with Gasteiger partial charge in [0.1, 0.15) is 5.75 Å². The Bertz CT molecular complexity index is 328. The monoisotopic (exact) mass is 239 g/mol. The van der Waals surface area contributed by atoms with E-state index >= 15 is 0 Å². The van der Waals surface area contributed by atoms with Crippen LogP contribution in [0.4, 0.5) is 0 Å². The predicted molar refractivity (Wildman–Crippen MR) is 72.5 cm³/mol. The molecule has 0 aliphatic carbocycles. The van der Waals surface area contributed by atoms with Gasteiger partial charge in [0.25, 0.3) is 0 Å². The molecule has 1 aromatic rings. The standard InChI is InChI=1S/C13H21NOS/c1-10-5-6-13(15-7-8-16-4)12(9-10)11(2)14-3/h5-6,9,11,14H,7-8H2,1-4H3. The minimum absolute atomic E-state index is 0.323. The predicted octanol–water partition coefficient (Wildman–Crippen LogP) is 3.02. The van der Waals surface area contributed by atoms with Crippen molar-refractivity contribution in [1.82, 2.24) is 5.32 Å². The van der Waals surface area contributed by atoms with Crippen LogP contribution in [-0.2, 0) is 0 Å². The van der Waals surface area contributed by atoms with E-state index in [1.807, 2.05) is 7.05 Å². The van der Waals surface area contributed by atoms with Crippen LogP contribution >= 0.6 is 11.8 Å². The molecular weight excluding hydrogens is 218 g/mol. The van der Waals surface area contributed by atoms with E-state index in [4.69, 9.17) is 4.74 Å². The smallest absolute Gasteiger partial charge is 0.124 e. The number of ether oxygens (including phenoxy) is 1. The Morgan fingerprint density at radius 1 is 1.44 bits per heavy atom. The molecule has 1 rings (SSSR count). The number of hydrogen-bond acceptors (Lipinski definition) is 3. The van der Waals surface area contributed by atoms with Crippen LogP contribution in [0.15, 0.2) is 18.2 Å². The Balaban J connectivity index is 2.80. The van der Waals surface area contributed by atoms with Gasteiger partial charge in [0.15, 0.2) is 0 Å². The first-order valence-electron chi connectivity index (χ1n) is 5.58. The van der Waals surface area contributed by atoms with Crippen LogP contribution in [0.5, 0.6) is 5.75 Å². The van der Waals surface area contributed by atoms with Gasteiger partial charge >= 0.3 is 0 Å². The molecule has 0 heterocycles. The van der Waals surface area contributed by atoms with Crippen molar-refractivity contribution in [2.24, 2.45) is 0 Å². The third kappa shape index (κ3) is 3.72. The topological polar surface area (TPSA) is 21.3 Å². The van der Waals surface area contributed by atoms with E-state index in [0.717, 1.165) is 18.1 Å². The normalized spacial score (nSPS) is 12.5. The van der Waals surface area contributed by atoms with E-state index in [1.54, 1.807) is 11.8 Å². The second-order valence-corrected chi connectivity index (χ2v) is 4.88. The highest BCUT2D eigenvalue weighted by atomic mass is 32.2. The molecule has 90 valence electrons. The van der Waals surface area contributed by atoms with E-state index < -0.39 is 0 Å². The van der Waals surface area contributed by atoms with Crippen molar-refractivity contribution >= 4 is 11.8 Å². The summed E-state index contributed by atoms with van der Waals surface area (Å²) in [6.45, 7) is 5.03. The van der Waals surface area contributed by atoms with Gasteiger partial charge in [-0.1, -0.05) is 17.7 Å². The minimum atomic E-state index is 0.323. The Kier molecular flexibility index (Phi) is 5.71. The van der Waals surface area contributed by atoms with Gasteiger partial charge in [-0.15, -0.1) is 0 Å². The van der Waals surface area contributed by atoms with E-state index in [2.05, 4.69) is 43.6 Å². The highest BCUT2D eigenvalue weighted by Gasteiger charge is 2.09. The molecule has 0 bridgehead atoms. The Morgan fingerprint density at radius 3 is 2.81 bits per heavy atom. The van der Waals surface area contributed by atoms with Crippen LogP contribution in [0, 0.1) is 6.92 Å². The number of thioether (sulfide) groups is 1. The lowest BCUT2D eigenvalue weighted by Crippen LogP contribution is -2.14. The van der Waals surface area contributed by atoms with Crippen molar-refractivity contribution in [1.29, 1.82) is 0 Å². The van der Waals surface area contributed by atoms with Crippen molar-refractivity contribution in [3.05, 3.63) is 29.3 Å². The van der Waals surface area contributed by atoms with Crippen molar-refractivity contribution in [2.45, 2.75) is 19.9 Å². The quantitative estimate of drug-likeness (QED) is 0.771. The van der Waals surface area contributed by atoms with E-state index in [-0.39, 0.29) is 0 Å².